The Morgan fingerprint density at radius 1 is 1.40 bits per heavy atom. The lowest BCUT2D eigenvalue weighted by Crippen LogP contribution is -2.26. The highest BCUT2D eigenvalue weighted by Crippen LogP contribution is 2.18. The van der Waals surface area contributed by atoms with E-state index in [4.69, 9.17) is 4.42 Å². The standard InChI is InChI=1S/C13H15N3O3S/c1-7-4-5-11(19-7)8(2)14-12(18)10-6-20-13(16-10)15-9(3)17/h4-6,8H,1-3H3,(H,14,18)(H,15,16,17). The average Bonchev–Trinajstić information content (AvgIpc) is 2.97. The number of amides is 2. The molecule has 20 heavy (non-hydrogen) atoms. The molecule has 2 amide bonds. The van der Waals surface area contributed by atoms with E-state index in [0.29, 0.717) is 10.9 Å². The number of furan rings is 1. The monoisotopic (exact) mass is 293 g/mol. The van der Waals surface area contributed by atoms with Crippen molar-refractivity contribution in [2.45, 2.75) is 26.8 Å². The van der Waals surface area contributed by atoms with Crippen LogP contribution in [0.25, 0.3) is 0 Å². The molecule has 0 aliphatic heterocycles. The van der Waals surface area contributed by atoms with Gasteiger partial charge in [0.15, 0.2) is 5.13 Å². The Morgan fingerprint density at radius 3 is 2.75 bits per heavy atom. The number of nitrogens with one attached hydrogen (secondary N) is 2. The van der Waals surface area contributed by atoms with Crippen LogP contribution in [0.2, 0.25) is 0 Å². The van der Waals surface area contributed by atoms with Gasteiger partial charge < -0.3 is 15.1 Å². The van der Waals surface area contributed by atoms with E-state index in [1.54, 1.807) is 5.38 Å². The predicted octanol–water partition coefficient (Wildman–Crippen LogP) is 2.49. The third-order valence-electron chi connectivity index (χ3n) is 2.56. The maximum absolute atomic E-state index is 12.0. The molecule has 0 saturated carbocycles. The first kappa shape index (κ1) is 14.3. The summed E-state index contributed by atoms with van der Waals surface area (Å²) in [6.45, 7) is 5.07. The van der Waals surface area contributed by atoms with Crippen LogP contribution in [0.5, 0.6) is 0 Å². The molecule has 0 aliphatic rings. The van der Waals surface area contributed by atoms with Crippen LogP contribution in [0.4, 0.5) is 5.13 Å². The summed E-state index contributed by atoms with van der Waals surface area (Å²) in [7, 11) is 0. The molecule has 7 heteroatoms. The Morgan fingerprint density at radius 2 is 2.15 bits per heavy atom. The number of hydrogen-bond donors (Lipinski definition) is 2. The van der Waals surface area contributed by atoms with Crippen molar-refractivity contribution in [2.24, 2.45) is 0 Å². The Hall–Kier alpha value is -2.15. The molecule has 2 aromatic heterocycles. The minimum absolute atomic E-state index is 0.217. The molecule has 2 heterocycles. The van der Waals surface area contributed by atoms with Crippen LogP contribution >= 0.6 is 11.3 Å². The van der Waals surface area contributed by atoms with Crippen LogP contribution in [0.3, 0.4) is 0 Å². The van der Waals surface area contributed by atoms with Crippen molar-refractivity contribution in [3.8, 4) is 0 Å². The van der Waals surface area contributed by atoms with E-state index < -0.39 is 0 Å². The summed E-state index contributed by atoms with van der Waals surface area (Å²) in [4.78, 5) is 27.0. The largest absolute Gasteiger partial charge is 0.464 e. The first-order valence-electron chi connectivity index (χ1n) is 6.06. The molecule has 2 aromatic rings. The summed E-state index contributed by atoms with van der Waals surface area (Å²) >= 11 is 1.21. The first-order valence-corrected chi connectivity index (χ1v) is 6.94. The zero-order valence-electron chi connectivity index (χ0n) is 11.4. The predicted molar refractivity (Wildman–Crippen MR) is 75.7 cm³/mol. The van der Waals surface area contributed by atoms with Gasteiger partial charge in [-0.25, -0.2) is 4.98 Å². The number of carbonyl (C=O) groups is 2. The van der Waals surface area contributed by atoms with Gasteiger partial charge in [-0.1, -0.05) is 0 Å². The molecule has 2 N–H and O–H groups in total. The highest BCUT2D eigenvalue weighted by Gasteiger charge is 2.16. The molecule has 0 radical (unpaired) electrons. The van der Waals surface area contributed by atoms with Crippen LogP contribution in [-0.2, 0) is 4.79 Å². The van der Waals surface area contributed by atoms with Gasteiger partial charge in [-0.15, -0.1) is 11.3 Å². The average molecular weight is 293 g/mol. The van der Waals surface area contributed by atoms with Gasteiger partial charge in [0.25, 0.3) is 5.91 Å². The van der Waals surface area contributed by atoms with Crippen molar-refractivity contribution < 1.29 is 14.0 Å². The molecule has 2 rings (SSSR count). The molecule has 1 unspecified atom stereocenters. The summed E-state index contributed by atoms with van der Waals surface area (Å²) < 4.78 is 5.45. The van der Waals surface area contributed by atoms with Crippen LogP contribution in [0.15, 0.2) is 21.9 Å². The van der Waals surface area contributed by atoms with Crippen LogP contribution in [-0.4, -0.2) is 16.8 Å². The summed E-state index contributed by atoms with van der Waals surface area (Å²) in [6, 6.07) is 3.42. The molecular formula is C13H15N3O3S. The van der Waals surface area contributed by atoms with Crippen LogP contribution in [0, 0.1) is 6.92 Å². The molecule has 106 valence electrons. The van der Waals surface area contributed by atoms with Crippen molar-refractivity contribution in [1.82, 2.24) is 10.3 Å². The number of rotatable bonds is 4. The van der Waals surface area contributed by atoms with E-state index >= 15 is 0 Å². The lowest BCUT2D eigenvalue weighted by atomic mass is 10.2. The van der Waals surface area contributed by atoms with E-state index in [-0.39, 0.29) is 23.6 Å². The van der Waals surface area contributed by atoms with Gasteiger partial charge in [-0.2, -0.15) is 0 Å². The van der Waals surface area contributed by atoms with E-state index in [0.717, 1.165) is 5.76 Å². The summed E-state index contributed by atoms with van der Waals surface area (Å²) in [6.07, 6.45) is 0. The van der Waals surface area contributed by atoms with E-state index in [2.05, 4.69) is 15.6 Å². The quantitative estimate of drug-likeness (QED) is 0.907. The minimum Gasteiger partial charge on any atom is -0.464 e. The molecular weight excluding hydrogens is 278 g/mol. The van der Waals surface area contributed by atoms with E-state index in [1.807, 2.05) is 26.0 Å². The van der Waals surface area contributed by atoms with Gasteiger partial charge in [0.05, 0.1) is 6.04 Å². The topological polar surface area (TPSA) is 84.2 Å². The SMILES string of the molecule is CC(=O)Nc1nc(C(=O)NC(C)c2ccc(C)o2)cs1. The lowest BCUT2D eigenvalue weighted by Gasteiger charge is -2.09. The van der Waals surface area contributed by atoms with Gasteiger partial charge in [-0.05, 0) is 26.0 Å². The summed E-state index contributed by atoms with van der Waals surface area (Å²) in [5, 5.41) is 7.33. The highest BCUT2D eigenvalue weighted by atomic mass is 32.1. The van der Waals surface area contributed by atoms with Crippen molar-refractivity contribution in [3.63, 3.8) is 0 Å². The molecule has 0 saturated heterocycles. The van der Waals surface area contributed by atoms with Gasteiger partial charge in [0, 0.05) is 12.3 Å². The molecule has 0 spiro atoms. The molecule has 6 nitrogen and oxygen atoms in total. The third kappa shape index (κ3) is 3.45. The Kier molecular flexibility index (Phi) is 4.19. The van der Waals surface area contributed by atoms with Crippen molar-refractivity contribution in [3.05, 3.63) is 34.7 Å². The second-order valence-corrected chi connectivity index (χ2v) is 5.22. The number of aromatic nitrogens is 1. The molecule has 0 fully saturated rings. The van der Waals surface area contributed by atoms with E-state index in [1.165, 1.54) is 18.3 Å². The minimum atomic E-state index is -0.306. The molecule has 1 atom stereocenters. The Balaban J connectivity index is 2.01. The second kappa shape index (κ2) is 5.87. The van der Waals surface area contributed by atoms with Crippen molar-refractivity contribution in [2.75, 3.05) is 5.32 Å². The molecule has 0 aliphatic carbocycles. The zero-order valence-corrected chi connectivity index (χ0v) is 12.2. The maximum atomic E-state index is 12.0. The van der Waals surface area contributed by atoms with Gasteiger partial charge >= 0.3 is 0 Å². The van der Waals surface area contributed by atoms with Gasteiger partial charge in [-0.3, -0.25) is 9.59 Å². The lowest BCUT2D eigenvalue weighted by molar-refractivity contribution is -0.114. The fourth-order valence-corrected chi connectivity index (χ4v) is 2.35. The second-order valence-electron chi connectivity index (χ2n) is 4.36. The third-order valence-corrected chi connectivity index (χ3v) is 3.31. The van der Waals surface area contributed by atoms with Crippen LogP contribution in [0.1, 0.15) is 41.9 Å². The number of carbonyl (C=O) groups excluding carboxylic acids is 2. The molecule has 0 aromatic carbocycles. The summed E-state index contributed by atoms with van der Waals surface area (Å²) in [5.74, 6) is 0.959. The first-order chi connectivity index (χ1) is 9.45. The fraction of sp³-hybridized carbons (Fsp3) is 0.308. The Bertz CT molecular complexity index is 632. The van der Waals surface area contributed by atoms with Gasteiger partial charge in [0.2, 0.25) is 5.91 Å². The highest BCUT2D eigenvalue weighted by molar-refractivity contribution is 7.14. The number of thiazole rings is 1. The number of aryl methyl sites for hydroxylation is 1. The normalized spacial score (nSPS) is 11.9. The zero-order chi connectivity index (χ0) is 14.7. The van der Waals surface area contributed by atoms with Crippen molar-refractivity contribution >= 4 is 28.3 Å². The summed E-state index contributed by atoms with van der Waals surface area (Å²) in [5.41, 5.74) is 0.272. The van der Waals surface area contributed by atoms with E-state index in [9.17, 15) is 9.59 Å². The fourth-order valence-electron chi connectivity index (χ4n) is 1.61. The number of anilines is 1. The number of nitrogens with zero attached hydrogens (tertiary/aromatic N) is 1. The maximum Gasteiger partial charge on any atom is 0.271 e. The van der Waals surface area contributed by atoms with Crippen LogP contribution < -0.4 is 10.6 Å². The molecule has 0 bridgehead atoms. The number of hydrogen-bond acceptors (Lipinski definition) is 5. The Labute approximate surface area is 120 Å². The van der Waals surface area contributed by atoms with Crippen molar-refractivity contribution in [1.29, 1.82) is 0 Å². The van der Waals surface area contributed by atoms with Gasteiger partial charge in [0.1, 0.15) is 17.2 Å². The smallest absolute Gasteiger partial charge is 0.271 e.